The molecule has 0 amide bonds. The predicted molar refractivity (Wildman–Crippen MR) is 150 cm³/mol. The summed E-state index contributed by atoms with van der Waals surface area (Å²) < 4.78 is 31.6. The number of unbranched alkanes of at least 4 members (excludes halogenated alkanes) is 20. The molecular formula is C30H56K2O7S. The summed E-state index contributed by atoms with van der Waals surface area (Å²) in [5.74, 6) is -5.66. The molecule has 0 bridgehead atoms. The van der Waals surface area contributed by atoms with Crippen LogP contribution in [-0.4, -0.2) is 29.7 Å². The molecule has 0 aliphatic rings. The fourth-order valence-corrected chi connectivity index (χ4v) is 6.63. The Bertz CT molecular complexity index is 719. The molecule has 0 fully saturated rings. The van der Waals surface area contributed by atoms with E-state index in [-0.39, 0.29) is 116 Å². The predicted octanol–water partition coefficient (Wildman–Crippen LogP) is 0.139. The van der Waals surface area contributed by atoms with Crippen LogP contribution in [0.5, 0.6) is 0 Å². The normalized spacial score (nSPS) is 13.6. The second-order valence-corrected chi connectivity index (χ2v) is 12.8. The summed E-state index contributed by atoms with van der Waals surface area (Å²) >= 11 is 0. The van der Waals surface area contributed by atoms with E-state index in [4.69, 9.17) is 0 Å². The number of rotatable bonds is 28. The minimum absolute atomic E-state index is 0. The Labute approximate surface area is 331 Å². The molecule has 1 N–H and O–H groups in total. The van der Waals surface area contributed by atoms with Crippen LogP contribution >= 0.6 is 0 Å². The number of hydrogen-bond acceptors (Lipinski definition) is 6. The van der Waals surface area contributed by atoms with Crippen LogP contribution in [0.4, 0.5) is 0 Å². The molecule has 2 atom stereocenters. The van der Waals surface area contributed by atoms with Crippen molar-refractivity contribution in [2.75, 3.05) is 0 Å². The summed E-state index contributed by atoms with van der Waals surface area (Å²) in [6.45, 7) is 4.38. The minimum Gasteiger partial charge on any atom is -0.550 e. The molecule has 7 nitrogen and oxygen atoms in total. The van der Waals surface area contributed by atoms with Crippen molar-refractivity contribution in [3.63, 3.8) is 0 Å². The van der Waals surface area contributed by atoms with Crippen molar-refractivity contribution >= 4 is 22.1 Å². The summed E-state index contributed by atoms with van der Waals surface area (Å²) in [6.07, 6.45) is 21.7. The standard InChI is InChI=1S/C30H58O7S.2K/c1-3-5-7-9-11-13-15-17-19-21-23-25-27(28(31)32)30(29(33)34,38(35,36)37)26-24-22-20-18-16-14-12-10-8-6-4-2;;/h27H,3-26H2,1-2H3,(H,31,32)(H,33,34)(H,35,36,37);;/q;2*+1/p-2. The third-order valence-electron chi connectivity index (χ3n) is 7.90. The van der Waals surface area contributed by atoms with Gasteiger partial charge >= 0.3 is 103 Å². The van der Waals surface area contributed by atoms with Crippen molar-refractivity contribution in [2.24, 2.45) is 5.92 Å². The molecule has 0 saturated heterocycles. The number of carbonyl (C=O) groups excluding carboxylic acids is 2. The zero-order chi connectivity index (χ0) is 28.7. The van der Waals surface area contributed by atoms with Gasteiger partial charge in [0.1, 0.15) is 4.75 Å². The first-order valence-corrected chi connectivity index (χ1v) is 17.0. The maximum atomic E-state index is 12.3. The van der Waals surface area contributed by atoms with Gasteiger partial charge in [0.15, 0.2) is 0 Å². The van der Waals surface area contributed by atoms with Gasteiger partial charge < -0.3 is 19.8 Å². The van der Waals surface area contributed by atoms with Crippen LogP contribution in [0.1, 0.15) is 168 Å². The maximum Gasteiger partial charge on any atom is 1.00 e. The summed E-state index contributed by atoms with van der Waals surface area (Å²) in [5, 5.41) is 24.0. The Kier molecular flexibility index (Phi) is 34.7. The molecule has 0 aromatic carbocycles. The fraction of sp³-hybridized carbons (Fsp3) is 0.933. The van der Waals surface area contributed by atoms with Gasteiger partial charge in [-0.2, -0.15) is 8.42 Å². The molecule has 0 saturated carbocycles. The van der Waals surface area contributed by atoms with E-state index in [1.54, 1.807) is 0 Å². The van der Waals surface area contributed by atoms with E-state index in [1.807, 2.05) is 0 Å². The Hall–Kier alpha value is 2.12. The first-order valence-electron chi connectivity index (χ1n) is 15.5. The van der Waals surface area contributed by atoms with E-state index < -0.39 is 39.1 Å². The number of carboxylic acids is 2. The van der Waals surface area contributed by atoms with Crippen LogP contribution in [-0.2, 0) is 19.7 Å². The molecule has 0 aliphatic heterocycles. The molecule has 0 aromatic rings. The van der Waals surface area contributed by atoms with Crippen molar-refractivity contribution < 1.29 is 136 Å². The van der Waals surface area contributed by atoms with Gasteiger partial charge in [-0.05, 0) is 12.8 Å². The molecule has 0 aliphatic carbocycles. The molecule has 226 valence electrons. The quantitative estimate of drug-likeness (QED) is 0.0732. The van der Waals surface area contributed by atoms with Gasteiger partial charge in [0, 0.05) is 11.9 Å². The van der Waals surface area contributed by atoms with Crippen LogP contribution in [0.2, 0.25) is 0 Å². The first kappa shape index (κ1) is 46.5. The second-order valence-electron chi connectivity index (χ2n) is 11.1. The van der Waals surface area contributed by atoms with Gasteiger partial charge in [0.25, 0.3) is 10.1 Å². The monoisotopic (exact) mass is 638 g/mol. The first-order chi connectivity index (χ1) is 18.1. The molecule has 2 unspecified atom stereocenters. The molecule has 0 spiro atoms. The van der Waals surface area contributed by atoms with Gasteiger partial charge in [-0.25, -0.2) is 0 Å². The third-order valence-corrected chi connectivity index (χ3v) is 9.48. The van der Waals surface area contributed by atoms with Gasteiger partial charge in [-0.3, -0.25) is 4.55 Å². The van der Waals surface area contributed by atoms with Crippen molar-refractivity contribution in [2.45, 2.75) is 173 Å². The van der Waals surface area contributed by atoms with E-state index in [0.29, 0.717) is 19.3 Å². The molecular weight excluding hydrogens is 583 g/mol. The second kappa shape index (κ2) is 29.8. The number of aliphatic carboxylic acids is 2. The van der Waals surface area contributed by atoms with Gasteiger partial charge in [0.2, 0.25) is 0 Å². The van der Waals surface area contributed by atoms with Crippen molar-refractivity contribution in [3.05, 3.63) is 0 Å². The molecule has 40 heavy (non-hydrogen) atoms. The third kappa shape index (κ3) is 21.0. The van der Waals surface area contributed by atoms with Gasteiger partial charge in [-0.1, -0.05) is 155 Å². The topological polar surface area (TPSA) is 135 Å². The zero-order valence-corrected chi connectivity index (χ0v) is 33.4. The fourth-order valence-electron chi connectivity index (χ4n) is 5.44. The van der Waals surface area contributed by atoms with E-state index in [0.717, 1.165) is 44.9 Å². The van der Waals surface area contributed by atoms with Crippen molar-refractivity contribution in [3.8, 4) is 0 Å². The van der Waals surface area contributed by atoms with Crippen LogP contribution in [0.25, 0.3) is 0 Å². The summed E-state index contributed by atoms with van der Waals surface area (Å²) in [6, 6.07) is 0. The molecule has 0 rings (SSSR count). The largest absolute Gasteiger partial charge is 1.00 e. The molecule has 0 radical (unpaired) electrons. The average molecular weight is 639 g/mol. The molecule has 0 heterocycles. The Morgan fingerprint density at radius 1 is 0.600 bits per heavy atom. The van der Waals surface area contributed by atoms with Crippen LogP contribution < -0.4 is 113 Å². The summed E-state index contributed by atoms with van der Waals surface area (Å²) in [4.78, 5) is 24.0. The maximum absolute atomic E-state index is 12.3. The van der Waals surface area contributed by atoms with E-state index in [2.05, 4.69) is 13.8 Å². The summed E-state index contributed by atoms with van der Waals surface area (Å²) in [7, 11) is -5.23. The SMILES string of the molecule is CCCCCCCCCCCCCC(C(=O)[O-])C(CCCCCCCCCCCCC)(C(=O)[O-])S(=O)(=O)O.[K+].[K+]. The number of hydrogen-bond donors (Lipinski definition) is 1. The van der Waals surface area contributed by atoms with Crippen LogP contribution in [0.3, 0.4) is 0 Å². The van der Waals surface area contributed by atoms with Crippen molar-refractivity contribution in [1.29, 1.82) is 0 Å². The Morgan fingerprint density at radius 2 is 0.900 bits per heavy atom. The van der Waals surface area contributed by atoms with E-state index in [1.165, 1.54) is 70.6 Å². The number of carboxylic acid groups (broad SMARTS) is 2. The zero-order valence-electron chi connectivity index (χ0n) is 26.4. The number of carbonyl (C=O) groups is 2. The Balaban J connectivity index is -0.00000684. The van der Waals surface area contributed by atoms with Gasteiger partial charge in [-0.15, -0.1) is 0 Å². The summed E-state index contributed by atoms with van der Waals surface area (Å²) in [5.41, 5.74) is 0. The van der Waals surface area contributed by atoms with Crippen molar-refractivity contribution in [1.82, 2.24) is 0 Å². The smallest absolute Gasteiger partial charge is 0.550 e. The van der Waals surface area contributed by atoms with E-state index in [9.17, 15) is 32.8 Å². The minimum atomic E-state index is -5.23. The Morgan fingerprint density at radius 3 is 1.18 bits per heavy atom. The average Bonchev–Trinajstić information content (AvgIpc) is 2.85. The van der Waals surface area contributed by atoms with Crippen LogP contribution in [0, 0.1) is 5.92 Å². The van der Waals surface area contributed by atoms with E-state index >= 15 is 0 Å². The van der Waals surface area contributed by atoms with Gasteiger partial charge in [0.05, 0.1) is 5.97 Å². The van der Waals surface area contributed by atoms with Crippen LogP contribution in [0.15, 0.2) is 0 Å². The molecule has 10 heteroatoms. The molecule has 0 aromatic heterocycles.